The van der Waals surface area contributed by atoms with Crippen LogP contribution in [0.1, 0.15) is 31.4 Å². The van der Waals surface area contributed by atoms with Crippen LogP contribution in [0, 0.1) is 11.7 Å². The minimum atomic E-state index is -0.663. The van der Waals surface area contributed by atoms with Crippen molar-refractivity contribution in [2.45, 2.75) is 31.9 Å². The van der Waals surface area contributed by atoms with Gasteiger partial charge in [0.05, 0.1) is 6.04 Å². The average Bonchev–Trinajstić information content (AvgIpc) is 3.40. The molecule has 1 aliphatic rings. The molecule has 0 spiro atoms. The predicted molar refractivity (Wildman–Crippen MR) is 91.5 cm³/mol. The number of benzene rings is 2. The molecule has 0 radical (unpaired) electrons. The third-order valence-corrected chi connectivity index (χ3v) is 4.37. The fourth-order valence-corrected chi connectivity index (χ4v) is 2.74. The van der Waals surface area contributed by atoms with Gasteiger partial charge in [-0.3, -0.25) is 4.79 Å². The SMILES string of the molecule is C[C@H](Oc1ccc(F)cc1)C(=O)N[C@@H](c1ccc(Cl)cc1)C1CC1. The monoisotopic (exact) mass is 347 g/mol. The molecule has 0 aliphatic heterocycles. The van der Waals surface area contributed by atoms with Crippen molar-refractivity contribution in [1.82, 2.24) is 5.32 Å². The first-order chi connectivity index (χ1) is 11.5. The smallest absolute Gasteiger partial charge is 0.261 e. The Bertz CT molecular complexity index is 698. The van der Waals surface area contributed by atoms with E-state index in [0.717, 1.165) is 18.4 Å². The number of carbonyl (C=O) groups is 1. The molecule has 0 aromatic heterocycles. The number of amides is 1. The molecule has 1 saturated carbocycles. The molecule has 0 bridgehead atoms. The van der Waals surface area contributed by atoms with Gasteiger partial charge in [-0.05, 0) is 67.6 Å². The summed E-state index contributed by atoms with van der Waals surface area (Å²) in [7, 11) is 0. The fourth-order valence-electron chi connectivity index (χ4n) is 2.61. The Balaban J connectivity index is 1.64. The highest BCUT2D eigenvalue weighted by molar-refractivity contribution is 6.30. The van der Waals surface area contributed by atoms with Crippen molar-refractivity contribution in [3.05, 3.63) is 64.9 Å². The predicted octanol–water partition coefficient (Wildman–Crippen LogP) is 4.51. The molecule has 24 heavy (non-hydrogen) atoms. The van der Waals surface area contributed by atoms with Crippen LogP contribution in [-0.2, 0) is 4.79 Å². The first-order valence-electron chi connectivity index (χ1n) is 8.01. The maximum Gasteiger partial charge on any atom is 0.261 e. The van der Waals surface area contributed by atoms with Crippen molar-refractivity contribution in [3.63, 3.8) is 0 Å². The Kier molecular flexibility index (Phi) is 5.05. The van der Waals surface area contributed by atoms with Crippen LogP contribution in [-0.4, -0.2) is 12.0 Å². The molecule has 0 unspecified atom stereocenters. The Morgan fingerprint density at radius 3 is 2.38 bits per heavy atom. The van der Waals surface area contributed by atoms with Gasteiger partial charge in [0.15, 0.2) is 6.10 Å². The van der Waals surface area contributed by atoms with Crippen LogP contribution in [0.25, 0.3) is 0 Å². The zero-order chi connectivity index (χ0) is 17.1. The van der Waals surface area contributed by atoms with E-state index in [9.17, 15) is 9.18 Å². The first kappa shape index (κ1) is 16.8. The second kappa shape index (κ2) is 7.22. The largest absolute Gasteiger partial charge is 0.481 e. The quantitative estimate of drug-likeness (QED) is 0.834. The Hall–Kier alpha value is -2.07. The summed E-state index contributed by atoms with van der Waals surface area (Å²) in [5.41, 5.74) is 1.05. The summed E-state index contributed by atoms with van der Waals surface area (Å²) < 4.78 is 18.5. The topological polar surface area (TPSA) is 38.3 Å². The molecule has 0 heterocycles. The van der Waals surface area contributed by atoms with E-state index >= 15 is 0 Å². The van der Waals surface area contributed by atoms with Gasteiger partial charge in [-0.2, -0.15) is 0 Å². The molecule has 2 aromatic rings. The Morgan fingerprint density at radius 1 is 1.17 bits per heavy atom. The summed E-state index contributed by atoms with van der Waals surface area (Å²) in [5.74, 6) is 0.392. The van der Waals surface area contributed by atoms with Gasteiger partial charge in [-0.15, -0.1) is 0 Å². The Labute approximate surface area is 145 Å². The Morgan fingerprint density at radius 2 is 1.79 bits per heavy atom. The van der Waals surface area contributed by atoms with Crippen LogP contribution in [0.3, 0.4) is 0 Å². The van der Waals surface area contributed by atoms with Crippen molar-refractivity contribution < 1.29 is 13.9 Å². The summed E-state index contributed by atoms with van der Waals surface area (Å²) >= 11 is 5.94. The van der Waals surface area contributed by atoms with Crippen LogP contribution in [0.2, 0.25) is 5.02 Å². The molecule has 3 nitrogen and oxygen atoms in total. The van der Waals surface area contributed by atoms with Crippen molar-refractivity contribution in [1.29, 1.82) is 0 Å². The first-order valence-corrected chi connectivity index (χ1v) is 8.39. The summed E-state index contributed by atoms with van der Waals surface area (Å²) in [6, 6.07) is 13.1. The van der Waals surface area contributed by atoms with E-state index in [0.29, 0.717) is 16.7 Å². The normalized spacial score (nSPS) is 16.3. The molecule has 3 rings (SSSR count). The molecule has 1 amide bonds. The number of carbonyl (C=O) groups excluding carboxylic acids is 1. The van der Waals surface area contributed by atoms with Crippen molar-refractivity contribution >= 4 is 17.5 Å². The van der Waals surface area contributed by atoms with Gasteiger partial charge >= 0.3 is 0 Å². The lowest BCUT2D eigenvalue weighted by molar-refractivity contribution is -0.128. The molecule has 126 valence electrons. The molecule has 2 atom stereocenters. The second-order valence-electron chi connectivity index (χ2n) is 6.09. The molecular formula is C19H19ClFNO2. The zero-order valence-electron chi connectivity index (χ0n) is 13.3. The third-order valence-electron chi connectivity index (χ3n) is 4.12. The molecule has 1 N–H and O–H groups in total. The van der Waals surface area contributed by atoms with Gasteiger partial charge in [0.2, 0.25) is 0 Å². The number of nitrogens with one attached hydrogen (secondary N) is 1. The lowest BCUT2D eigenvalue weighted by atomic mass is 10.0. The number of ether oxygens (including phenoxy) is 1. The maximum atomic E-state index is 12.9. The van der Waals surface area contributed by atoms with E-state index in [1.165, 1.54) is 24.3 Å². The summed E-state index contributed by atoms with van der Waals surface area (Å²) in [4.78, 5) is 12.5. The van der Waals surface area contributed by atoms with E-state index < -0.39 is 6.10 Å². The van der Waals surface area contributed by atoms with Gasteiger partial charge in [-0.1, -0.05) is 23.7 Å². The summed E-state index contributed by atoms with van der Waals surface area (Å²) in [6.45, 7) is 1.69. The van der Waals surface area contributed by atoms with Crippen LogP contribution in [0.15, 0.2) is 48.5 Å². The maximum absolute atomic E-state index is 12.9. The molecule has 2 aromatic carbocycles. The van der Waals surface area contributed by atoms with Crippen LogP contribution < -0.4 is 10.1 Å². The number of hydrogen-bond acceptors (Lipinski definition) is 2. The molecular weight excluding hydrogens is 329 g/mol. The minimum absolute atomic E-state index is 0.0333. The van der Waals surface area contributed by atoms with Crippen molar-refractivity contribution in [3.8, 4) is 5.75 Å². The molecule has 5 heteroatoms. The van der Waals surface area contributed by atoms with Gasteiger partial charge in [-0.25, -0.2) is 4.39 Å². The van der Waals surface area contributed by atoms with Gasteiger partial charge in [0.1, 0.15) is 11.6 Å². The number of hydrogen-bond donors (Lipinski definition) is 1. The van der Waals surface area contributed by atoms with Crippen molar-refractivity contribution in [2.75, 3.05) is 0 Å². The fraction of sp³-hybridized carbons (Fsp3) is 0.316. The number of rotatable bonds is 6. The lowest BCUT2D eigenvalue weighted by Crippen LogP contribution is -2.39. The summed E-state index contributed by atoms with van der Waals surface area (Å²) in [6.07, 6.45) is 1.53. The van der Waals surface area contributed by atoms with Crippen LogP contribution >= 0.6 is 11.6 Å². The van der Waals surface area contributed by atoms with E-state index in [1.807, 2.05) is 24.3 Å². The second-order valence-corrected chi connectivity index (χ2v) is 6.53. The summed E-state index contributed by atoms with van der Waals surface area (Å²) in [5, 5.41) is 3.74. The molecule has 1 aliphatic carbocycles. The van der Waals surface area contributed by atoms with E-state index in [-0.39, 0.29) is 17.8 Å². The van der Waals surface area contributed by atoms with Crippen molar-refractivity contribution in [2.24, 2.45) is 5.92 Å². The highest BCUT2D eigenvalue weighted by Crippen LogP contribution is 2.41. The third kappa shape index (κ3) is 4.26. The van der Waals surface area contributed by atoms with Crippen LogP contribution in [0.4, 0.5) is 4.39 Å². The van der Waals surface area contributed by atoms with E-state index in [2.05, 4.69) is 5.32 Å². The standard InChI is InChI=1S/C19H19ClFNO2/c1-12(24-17-10-8-16(21)9-11-17)19(23)22-18(13-2-3-13)14-4-6-15(20)7-5-14/h4-13,18H,2-3H2,1H3,(H,22,23)/t12-,18+/m0/s1. The minimum Gasteiger partial charge on any atom is -0.481 e. The zero-order valence-corrected chi connectivity index (χ0v) is 14.1. The molecule has 0 saturated heterocycles. The van der Waals surface area contributed by atoms with Gasteiger partial charge in [0.25, 0.3) is 5.91 Å². The molecule has 1 fully saturated rings. The van der Waals surface area contributed by atoms with E-state index in [1.54, 1.807) is 6.92 Å². The highest BCUT2D eigenvalue weighted by Gasteiger charge is 2.34. The highest BCUT2D eigenvalue weighted by atomic mass is 35.5. The van der Waals surface area contributed by atoms with Gasteiger partial charge < -0.3 is 10.1 Å². The number of halogens is 2. The lowest BCUT2D eigenvalue weighted by Gasteiger charge is -2.22. The van der Waals surface area contributed by atoms with Crippen LogP contribution in [0.5, 0.6) is 5.75 Å². The van der Waals surface area contributed by atoms with E-state index in [4.69, 9.17) is 16.3 Å². The average molecular weight is 348 g/mol. The van der Waals surface area contributed by atoms with Gasteiger partial charge in [0, 0.05) is 5.02 Å².